The van der Waals surface area contributed by atoms with Crippen LogP contribution in [0.4, 0.5) is 0 Å². The van der Waals surface area contributed by atoms with E-state index in [4.69, 9.17) is 0 Å². The number of rotatable bonds is 2. The normalized spacial score (nSPS) is 27.3. The monoisotopic (exact) mass is 203 g/mol. The van der Waals surface area contributed by atoms with Crippen molar-refractivity contribution in [3.8, 4) is 0 Å². The van der Waals surface area contributed by atoms with Crippen LogP contribution in [0.25, 0.3) is 0 Å². The number of hydrogen-bond donors (Lipinski definition) is 1. The van der Waals surface area contributed by atoms with Crippen molar-refractivity contribution >= 4 is 0 Å². The quantitative estimate of drug-likeness (QED) is 0.779. The molecule has 1 N–H and O–H groups in total. The fourth-order valence-corrected chi connectivity index (χ4v) is 2.52. The fraction of sp³-hybridized carbons (Fsp3) is 0.571. The van der Waals surface area contributed by atoms with Crippen molar-refractivity contribution in [2.24, 2.45) is 5.41 Å². The zero-order chi connectivity index (χ0) is 10.6. The van der Waals surface area contributed by atoms with E-state index in [1.165, 1.54) is 44.3 Å². The molecule has 0 saturated carbocycles. The van der Waals surface area contributed by atoms with Gasteiger partial charge in [0, 0.05) is 6.54 Å². The summed E-state index contributed by atoms with van der Waals surface area (Å²) in [6.07, 6.45) is 5.27. The van der Waals surface area contributed by atoms with Crippen LogP contribution in [0, 0.1) is 5.41 Å². The minimum Gasteiger partial charge on any atom is -0.316 e. The van der Waals surface area contributed by atoms with Crippen molar-refractivity contribution in [1.82, 2.24) is 5.32 Å². The maximum atomic E-state index is 3.56. The Labute approximate surface area is 92.9 Å². The first-order chi connectivity index (χ1) is 7.29. The summed E-state index contributed by atoms with van der Waals surface area (Å²) in [6, 6.07) is 10.9. The van der Waals surface area contributed by atoms with E-state index >= 15 is 0 Å². The van der Waals surface area contributed by atoms with E-state index in [0.717, 1.165) is 0 Å². The van der Waals surface area contributed by atoms with Crippen LogP contribution in [-0.4, -0.2) is 13.1 Å². The zero-order valence-corrected chi connectivity index (χ0v) is 9.63. The second-order valence-electron chi connectivity index (χ2n) is 5.11. The lowest BCUT2D eigenvalue weighted by Crippen LogP contribution is -2.31. The molecular formula is C14H21N. The van der Waals surface area contributed by atoms with E-state index in [2.05, 4.69) is 42.6 Å². The average molecular weight is 203 g/mol. The third kappa shape index (κ3) is 3.07. The first-order valence-electron chi connectivity index (χ1n) is 6.03. The van der Waals surface area contributed by atoms with Crippen molar-refractivity contribution in [3.05, 3.63) is 35.9 Å². The van der Waals surface area contributed by atoms with Gasteiger partial charge in [0.15, 0.2) is 0 Å². The molecule has 2 rings (SSSR count). The molecule has 1 fully saturated rings. The van der Waals surface area contributed by atoms with Crippen molar-refractivity contribution in [3.63, 3.8) is 0 Å². The van der Waals surface area contributed by atoms with Crippen LogP contribution in [-0.2, 0) is 6.42 Å². The highest BCUT2D eigenvalue weighted by molar-refractivity contribution is 5.16. The highest BCUT2D eigenvalue weighted by atomic mass is 14.9. The summed E-state index contributed by atoms with van der Waals surface area (Å²) in [5, 5.41) is 3.56. The molecule has 1 atom stereocenters. The van der Waals surface area contributed by atoms with Crippen molar-refractivity contribution in [1.29, 1.82) is 0 Å². The predicted octanol–water partition coefficient (Wildman–Crippen LogP) is 3.01. The smallest absolute Gasteiger partial charge is 0.000835 e. The highest BCUT2D eigenvalue weighted by Crippen LogP contribution is 2.29. The average Bonchev–Trinajstić information content (AvgIpc) is 2.45. The molecule has 0 radical (unpaired) electrons. The van der Waals surface area contributed by atoms with Gasteiger partial charge in [-0.25, -0.2) is 0 Å². The topological polar surface area (TPSA) is 12.0 Å². The molecule has 15 heavy (non-hydrogen) atoms. The summed E-state index contributed by atoms with van der Waals surface area (Å²) >= 11 is 0. The van der Waals surface area contributed by atoms with E-state index in [-0.39, 0.29) is 0 Å². The van der Waals surface area contributed by atoms with Crippen LogP contribution in [0.3, 0.4) is 0 Å². The van der Waals surface area contributed by atoms with Crippen LogP contribution in [0.2, 0.25) is 0 Å². The van der Waals surface area contributed by atoms with E-state index in [1.54, 1.807) is 0 Å². The van der Waals surface area contributed by atoms with Crippen molar-refractivity contribution in [2.45, 2.75) is 32.6 Å². The molecule has 0 spiro atoms. The molecular weight excluding hydrogens is 182 g/mol. The standard InChI is InChI=1S/C14H21N/c1-14(9-5-6-10-15-12-14)11-13-7-3-2-4-8-13/h2-4,7-8,15H,5-6,9-12H2,1H3. The van der Waals surface area contributed by atoms with Crippen molar-refractivity contribution in [2.75, 3.05) is 13.1 Å². The Kier molecular flexibility index (Phi) is 3.42. The number of hydrogen-bond acceptors (Lipinski definition) is 1. The Bertz CT molecular complexity index is 283. The second-order valence-corrected chi connectivity index (χ2v) is 5.11. The lowest BCUT2D eigenvalue weighted by Gasteiger charge is -2.28. The van der Waals surface area contributed by atoms with Gasteiger partial charge in [-0.05, 0) is 36.8 Å². The highest BCUT2D eigenvalue weighted by Gasteiger charge is 2.25. The van der Waals surface area contributed by atoms with E-state index in [9.17, 15) is 0 Å². The predicted molar refractivity (Wildman–Crippen MR) is 65.0 cm³/mol. The summed E-state index contributed by atoms with van der Waals surface area (Å²) in [5.41, 5.74) is 1.93. The Balaban J connectivity index is 2.02. The van der Waals surface area contributed by atoms with Gasteiger partial charge in [-0.2, -0.15) is 0 Å². The summed E-state index contributed by atoms with van der Waals surface area (Å²) < 4.78 is 0. The largest absolute Gasteiger partial charge is 0.316 e. The summed E-state index contributed by atoms with van der Waals surface area (Å²) in [6.45, 7) is 4.78. The van der Waals surface area contributed by atoms with Crippen LogP contribution in [0.5, 0.6) is 0 Å². The van der Waals surface area contributed by atoms with Crippen LogP contribution in [0.1, 0.15) is 31.7 Å². The molecule has 1 nitrogen and oxygen atoms in total. The number of benzene rings is 1. The first kappa shape index (κ1) is 10.7. The SMILES string of the molecule is CC1(Cc2ccccc2)CCCCNC1. The molecule has 1 aliphatic heterocycles. The van der Waals surface area contributed by atoms with Gasteiger partial charge in [0.1, 0.15) is 0 Å². The minimum atomic E-state index is 0.456. The van der Waals surface area contributed by atoms with Gasteiger partial charge in [0.05, 0.1) is 0 Å². The molecule has 0 aliphatic carbocycles. The molecule has 1 unspecified atom stereocenters. The second kappa shape index (κ2) is 4.80. The Morgan fingerprint density at radius 3 is 2.80 bits per heavy atom. The molecule has 1 heterocycles. The Morgan fingerprint density at radius 2 is 2.00 bits per heavy atom. The van der Waals surface area contributed by atoms with Gasteiger partial charge in [0.25, 0.3) is 0 Å². The third-order valence-electron chi connectivity index (χ3n) is 3.41. The zero-order valence-electron chi connectivity index (χ0n) is 9.63. The van der Waals surface area contributed by atoms with Gasteiger partial charge in [-0.1, -0.05) is 43.7 Å². The molecule has 1 aliphatic rings. The van der Waals surface area contributed by atoms with Crippen molar-refractivity contribution < 1.29 is 0 Å². The van der Waals surface area contributed by atoms with Gasteiger partial charge >= 0.3 is 0 Å². The Hall–Kier alpha value is -0.820. The van der Waals surface area contributed by atoms with Gasteiger partial charge in [0.2, 0.25) is 0 Å². The molecule has 1 saturated heterocycles. The maximum absolute atomic E-state index is 3.56. The fourth-order valence-electron chi connectivity index (χ4n) is 2.52. The molecule has 1 aromatic rings. The van der Waals surface area contributed by atoms with E-state index < -0.39 is 0 Å². The van der Waals surface area contributed by atoms with Crippen LogP contribution >= 0.6 is 0 Å². The van der Waals surface area contributed by atoms with E-state index in [1.807, 2.05) is 0 Å². The summed E-state index contributed by atoms with van der Waals surface area (Å²) in [4.78, 5) is 0. The molecule has 0 bridgehead atoms. The van der Waals surface area contributed by atoms with Gasteiger partial charge in [-0.3, -0.25) is 0 Å². The summed E-state index contributed by atoms with van der Waals surface area (Å²) in [7, 11) is 0. The van der Waals surface area contributed by atoms with Crippen LogP contribution in [0.15, 0.2) is 30.3 Å². The lowest BCUT2D eigenvalue weighted by atomic mass is 9.80. The van der Waals surface area contributed by atoms with Gasteiger partial charge < -0.3 is 5.32 Å². The van der Waals surface area contributed by atoms with E-state index in [0.29, 0.717) is 5.41 Å². The minimum absolute atomic E-state index is 0.456. The summed E-state index contributed by atoms with van der Waals surface area (Å²) in [5.74, 6) is 0. The molecule has 1 aromatic carbocycles. The van der Waals surface area contributed by atoms with Gasteiger partial charge in [-0.15, -0.1) is 0 Å². The molecule has 1 heteroatoms. The Morgan fingerprint density at radius 1 is 1.20 bits per heavy atom. The lowest BCUT2D eigenvalue weighted by molar-refractivity contribution is 0.295. The first-order valence-corrected chi connectivity index (χ1v) is 6.03. The van der Waals surface area contributed by atoms with Crippen LogP contribution < -0.4 is 5.32 Å². The molecule has 82 valence electrons. The third-order valence-corrected chi connectivity index (χ3v) is 3.41. The number of nitrogens with one attached hydrogen (secondary N) is 1. The molecule has 0 aromatic heterocycles. The maximum Gasteiger partial charge on any atom is 0.000835 e. The molecule has 0 amide bonds.